The highest BCUT2D eigenvalue weighted by Gasteiger charge is 2.31. The first-order chi connectivity index (χ1) is 19.9. The number of diazo groups is 1. The van der Waals surface area contributed by atoms with Gasteiger partial charge in [-0.1, -0.05) is 30.3 Å². The van der Waals surface area contributed by atoms with E-state index in [-0.39, 0.29) is 4.90 Å². The van der Waals surface area contributed by atoms with E-state index in [1.54, 1.807) is 30.3 Å². The maximum absolute atomic E-state index is 12.6. The molecule has 200 valence electrons. The third-order valence-corrected chi connectivity index (χ3v) is 9.63. The van der Waals surface area contributed by atoms with Gasteiger partial charge in [0.15, 0.2) is 4.98 Å². The van der Waals surface area contributed by atoms with Gasteiger partial charge in [0, 0.05) is 68.8 Å². The van der Waals surface area contributed by atoms with Crippen LogP contribution in [0.3, 0.4) is 0 Å². The molecule has 0 spiro atoms. The maximum Gasteiger partial charge on any atom is 0.385 e. The molecule has 8 rings (SSSR count). The van der Waals surface area contributed by atoms with Crippen molar-refractivity contribution in [3.63, 3.8) is 0 Å². The van der Waals surface area contributed by atoms with Crippen molar-refractivity contribution in [2.75, 3.05) is 13.1 Å². The molecule has 0 unspecified atom stereocenters. The minimum absolute atomic E-state index is 0.153. The Morgan fingerprint density at radius 1 is 0.829 bits per heavy atom. The Bertz CT molecular complexity index is 2280. The summed E-state index contributed by atoms with van der Waals surface area (Å²) in [5.74, 6) is 1.28. The molecule has 8 heteroatoms. The highest BCUT2D eigenvalue weighted by atomic mass is 32.2. The summed E-state index contributed by atoms with van der Waals surface area (Å²) in [6.45, 7) is 2.16. The van der Waals surface area contributed by atoms with Crippen LogP contribution in [0.25, 0.3) is 32.1 Å². The second-order valence-electron chi connectivity index (χ2n) is 11.0. The topological polar surface area (TPSA) is 94.8 Å². The number of rotatable bonds is 2. The summed E-state index contributed by atoms with van der Waals surface area (Å²) in [7, 11) is -4.51. The quantitative estimate of drug-likeness (QED) is 0.173. The van der Waals surface area contributed by atoms with Gasteiger partial charge >= 0.3 is 5.69 Å². The van der Waals surface area contributed by atoms with E-state index in [1.807, 2.05) is 24.3 Å². The lowest BCUT2D eigenvalue weighted by Gasteiger charge is -2.26. The Labute approximate surface area is 236 Å². The third-order valence-electron chi connectivity index (χ3n) is 8.72. The zero-order chi connectivity index (χ0) is 27.9. The Morgan fingerprint density at radius 2 is 1.63 bits per heavy atom. The van der Waals surface area contributed by atoms with Crippen molar-refractivity contribution < 1.29 is 17.7 Å². The second-order valence-corrected chi connectivity index (χ2v) is 12.4. The normalized spacial score (nSPS) is 15.6. The van der Waals surface area contributed by atoms with Gasteiger partial charge in [-0.2, -0.15) is 8.42 Å². The number of hydrogen-bond acceptors (Lipinski definition) is 4. The monoisotopic (exact) mass is 559 g/mol. The predicted octanol–water partition coefficient (Wildman–Crippen LogP) is 5.46. The molecule has 3 heterocycles. The molecule has 41 heavy (non-hydrogen) atoms. The molecule has 0 bridgehead atoms. The Kier molecular flexibility index (Phi) is 5.15. The van der Waals surface area contributed by atoms with Gasteiger partial charge in [-0.05, 0) is 53.9 Å². The SMILES string of the molecule is N#[N+]c1ccc2c3c(ccc2c1)C(c1ccccc1S(=O)(=O)O)=c1ccc2c4c5c(cc2c1O3)CCC[N+]=5CCC4. The number of hydrogen-bond donors (Lipinski definition) is 1. The van der Waals surface area contributed by atoms with Crippen LogP contribution in [0.1, 0.15) is 35.1 Å². The van der Waals surface area contributed by atoms with Gasteiger partial charge in [-0.15, -0.1) is 0 Å². The zero-order valence-corrected chi connectivity index (χ0v) is 22.9. The number of ether oxygens (including phenoxy) is 1. The van der Waals surface area contributed by atoms with Gasteiger partial charge < -0.3 is 4.74 Å². The van der Waals surface area contributed by atoms with Crippen LogP contribution in [0.15, 0.2) is 77.7 Å². The summed E-state index contributed by atoms with van der Waals surface area (Å²) in [4.78, 5) is 3.18. The molecule has 1 N–H and O–H groups in total. The largest absolute Gasteiger partial charge is 0.455 e. The standard InChI is InChI=1S/C33H24N3O4S/c34-35-21-10-12-22-19(17-21)9-11-26-30(25-6-1-2-8-29(25)41(37,38)39)27-14-13-23-24-7-4-16-36-15-3-5-20(31(24)36)18-28(23)33(27)40-32(22)26/h1-2,6,8-14,17-18H,3-5,7,15-16H2/q+1/p+1. The van der Waals surface area contributed by atoms with Crippen molar-refractivity contribution in [3.8, 4) is 11.5 Å². The van der Waals surface area contributed by atoms with Crippen LogP contribution in [-0.4, -0.2) is 26.1 Å². The third kappa shape index (κ3) is 3.56. The van der Waals surface area contributed by atoms with E-state index in [4.69, 9.17) is 4.74 Å². The van der Waals surface area contributed by atoms with Crippen LogP contribution >= 0.6 is 0 Å². The fourth-order valence-electron chi connectivity index (χ4n) is 7.05. The fraction of sp³-hybridized carbons (Fsp3) is 0.182. The van der Waals surface area contributed by atoms with Gasteiger partial charge in [-0.3, -0.25) is 4.55 Å². The number of benzene rings is 5. The Balaban J connectivity index is 1.55. The highest BCUT2D eigenvalue weighted by Crippen LogP contribution is 2.45. The molecule has 3 aliphatic rings. The molecule has 3 aliphatic heterocycles. The molecule has 0 saturated heterocycles. The maximum atomic E-state index is 12.6. The van der Waals surface area contributed by atoms with E-state index < -0.39 is 10.1 Å². The second kappa shape index (κ2) is 8.71. The lowest BCUT2D eigenvalue weighted by Crippen LogP contribution is -2.43. The molecule has 0 saturated carbocycles. The van der Waals surface area contributed by atoms with Gasteiger partial charge in [-0.25, -0.2) is 4.58 Å². The number of fused-ring (bicyclic) bond motifs is 7. The van der Waals surface area contributed by atoms with E-state index in [0.717, 1.165) is 71.1 Å². The molecule has 0 radical (unpaired) electrons. The van der Waals surface area contributed by atoms with E-state index in [2.05, 4.69) is 21.7 Å². The summed E-state index contributed by atoms with van der Waals surface area (Å²) in [5.41, 5.74) is 4.92. The molecule has 0 amide bonds. The Morgan fingerprint density at radius 3 is 2.46 bits per heavy atom. The van der Waals surface area contributed by atoms with Gasteiger partial charge in [0.25, 0.3) is 10.1 Å². The highest BCUT2D eigenvalue weighted by molar-refractivity contribution is 7.86. The molecule has 0 aliphatic carbocycles. The van der Waals surface area contributed by atoms with E-state index in [0.29, 0.717) is 28.3 Å². The van der Waals surface area contributed by atoms with E-state index in [1.165, 1.54) is 22.6 Å². The Hall–Kier alpha value is -4.58. The smallest absolute Gasteiger partial charge is 0.385 e. The first kappa shape index (κ1) is 24.2. The average Bonchev–Trinajstić information content (AvgIpc) is 2.99. The lowest BCUT2D eigenvalue weighted by atomic mass is 9.87. The van der Waals surface area contributed by atoms with Crippen LogP contribution in [0.4, 0.5) is 5.69 Å². The number of nitrogens with zero attached hydrogens (tertiary/aromatic N) is 3. The fourth-order valence-corrected chi connectivity index (χ4v) is 7.75. The van der Waals surface area contributed by atoms with E-state index >= 15 is 0 Å². The molecule has 5 aromatic rings. The van der Waals surface area contributed by atoms with Crippen molar-refractivity contribution in [1.29, 1.82) is 5.39 Å². The first-order valence-electron chi connectivity index (χ1n) is 13.8. The number of aryl methyl sites for hydroxylation is 2. The van der Waals surface area contributed by atoms with Gasteiger partial charge in [0.05, 0.1) is 0 Å². The van der Waals surface area contributed by atoms with Crippen molar-refractivity contribution >= 4 is 42.9 Å². The average molecular weight is 560 g/mol. The minimum Gasteiger partial charge on any atom is -0.455 e. The lowest BCUT2D eigenvalue weighted by molar-refractivity contribution is 0.477. The molecule has 0 fully saturated rings. The minimum atomic E-state index is -4.51. The van der Waals surface area contributed by atoms with Crippen LogP contribution in [0.5, 0.6) is 11.5 Å². The molecule has 0 atom stereocenters. The predicted molar refractivity (Wildman–Crippen MR) is 157 cm³/mol. The molecular formula is C33H25N3O4S+2. The summed E-state index contributed by atoms with van der Waals surface area (Å²) >= 11 is 0. The summed E-state index contributed by atoms with van der Waals surface area (Å²) in [5, 5.41) is 15.3. The zero-order valence-electron chi connectivity index (χ0n) is 22.1. The molecule has 7 nitrogen and oxygen atoms in total. The first-order valence-corrected chi connectivity index (χ1v) is 15.3. The van der Waals surface area contributed by atoms with Crippen molar-refractivity contribution in [3.05, 3.63) is 111 Å². The van der Waals surface area contributed by atoms with Crippen LogP contribution in [0, 0.1) is 5.39 Å². The summed E-state index contributed by atoms with van der Waals surface area (Å²) < 4.78 is 44.7. The summed E-state index contributed by atoms with van der Waals surface area (Å²) in [6.07, 6.45) is 4.23. The molecule has 5 aromatic carbocycles. The molecule has 0 aromatic heterocycles. The van der Waals surface area contributed by atoms with Crippen molar-refractivity contribution in [2.24, 2.45) is 0 Å². The van der Waals surface area contributed by atoms with Crippen molar-refractivity contribution in [1.82, 2.24) is 4.58 Å². The molecular weight excluding hydrogens is 534 g/mol. The van der Waals surface area contributed by atoms with Crippen LogP contribution < -0.4 is 19.9 Å². The van der Waals surface area contributed by atoms with E-state index in [9.17, 15) is 18.4 Å². The van der Waals surface area contributed by atoms with Crippen molar-refractivity contribution in [2.45, 2.75) is 30.6 Å². The van der Waals surface area contributed by atoms with Crippen LogP contribution in [0.2, 0.25) is 0 Å². The van der Waals surface area contributed by atoms with Gasteiger partial charge in [0.2, 0.25) is 10.8 Å². The summed E-state index contributed by atoms with van der Waals surface area (Å²) in [6, 6.07) is 22.1. The van der Waals surface area contributed by atoms with Crippen LogP contribution in [-0.2, 0) is 23.0 Å². The van der Waals surface area contributed by atoms with Gasteiger partial charge in [0.1, 0.15) is 29.5 Å².